The third-order valence-corrected chi connectivity index (χ3v) is 4.96. The Morgan fingerprint density at radius 1 is 1.11 bits per heavy atom. The highest BCUT2D eigenvalue weighted by Gasteiger charge is 2.18. The van der Waals surface area contributed by atoms with Crippen molar-refractivity contribution in [3.8, 4) is 11.6 Å². The van der Waals surface area contributed by atoms with Gasteiger partial charge in [-0.25, -0.2) is 0 Å². The number of carbonyl (C=O) groups is 1. The molecule has 4 rings (SSSR count). The largest absolute Gasteiger partial charge is 0.419 e. The number of benzene rings is 2. The van der Waals surface area contributed by atoms with Gasteiger partial charge in [0.1, 0.15) is 5.69 Å². The maximum absolute atomic E-state index is 12.9. The minimum atomic E-state index is -0.00927. The average Bonchev–Trinajstić information content (AvgIpc) is 3.32. The highest BCUT2D eigenvalue weighted by atomic mass is 35.5. The molecule has 28 heavy (non-hydrogen) atoms. The van der Waals surface area contributed by atoms with Gasteiger partial charge >= 0.3 is 0 Å². The molecule has 2 heterocycles. The Kier molecular flexibility index (Phi) is 5.26. The lowest BCUT2D eigenvalue weighted by Gasteiger charge is -2.08. The minimum absolute atomic E-state index is 0.00927. The number of hydrogen-bond donors (Lipinski definition) is 0. The summed E-state index contributed by atoms with van der Waals surface area (Å²) in [6, 6.07) is 16.8. The summed E-state index contributed by atoms with van der Waals surface area (Å²) >= 11 is 5.94. The number of ketones is 1. The third kappa shape index (κ3) is 3.71. The van der Waals surface area contributed by atoms with Gasteiger partial charge < -0.3 is 8.98 Å². The predicted molar refractivity (Wildman–Crippen MR) is 110 cm³/mol. The molecule has 0 radical (unpaired) electrons. The average molecular weight is 394 g/mol. The van der Waals surface area contributed by atoms with Crippen LogP contribution in [0.3, 0.4) is 0 Å². The van der Waals surface area contributed by atoms with Gasteiger partial charge in [0.05, 0.1) is 6.54 Å². The van der Waals surface area contributed by atoms with Gasteiger partial charge in [0.25, 0.3) is 5.89 Å². The zero-order valence-electron chi connectivity index (χ0n) is 15.6. The van der Waals surface area contributed by atoms with E-state index in [0.717, 1.165) is 35.9 Å². The summed E-state index contributed by atoms with van der Waals surface area (Å²) in [5, 5.41) is 10.0. The van der Waals surface area contributed by atoms with Crippen molar-refractivity contribution in [2.24, 2.45) is 0 Å². The first kappa shape index (κ1) is 18.4. The second-order valence-electron chi connectivity index (χ2n) is 6.71. The minimum Gasteiger partial charge on any atom is -0.419 e. The van der Waals surface area contributed by atoms with Crippen LogP contribution in [0.2, 0.25) is 5.02 Å². The molecule has 6 heteroatoms. The number of nitrogens with zero attached hydrogens (tertiary/aromatic N) is 3. The van der Waals surface area contributed by atoms with Crippen LogP contribution >= 0.6 is 11.6 Å². The van der Waals surface area contributed by atoms with Gasteiger partial charge in [0, 0.05) is 27.9 Å². The van der Waals surface area contributed by atoms with Gasteiger partial charge in [-0.1, -0.05) is 43.1 Å². The van der Waals surface area contributed by atoms with Crippen molar-refractivity contribution in [3.63, 3.8) is 0 Å². The lowest BCUT2D eigenvalue weighted by molar-refractivity contribution is 0.0974. The molecule has 0 saturated carbocycles. The number of aromatic nitrogens is 3. The van der Waals surface area contributed by atoms with Crippen LogP contribution in [0, 0.1) is 0 Å². The molecular formula is C22H20ClN3O2. The monoisotopic (exact) mass is 393 g/mol. The molecule has 4 aromatic rings. The summed E-state index contributed by atoms with van der Waals surface area (Å²) < 4.78 is 7.81. The SMILES string of the molecule is CCCCc1nnc(-c2cc3ccccc3n2CC(=O)c2ccc(Cl)cc2)o1. The third-order valence-electron chi connectivity index (χ3n) is 4.71. The molecule has 2 aromatic heterocycles. The van der Waals surface area contributed by atoms with Crippen LogP contribution in [0.5, 0.6) is 0 Å². The van der Waals surface area contributed by atoms with E-state index in [1.54, 1.807) is 24.3 Å². The molecule has 0 saturated heterocycles. The normalized spacial score (nSPS) is 11.2. The van der Waals surface area contributed by atoms with Crippen molar-refractivity contribution >= 4 is 28.3 Å². The number of unbranched alkanes of at least 4 members (excludes halogenated alkanes) is 1. The van der Waals surface area contributed by atoms with E-state index >= 15 is 0 Å². The molecule has 0 atom stereocenters. The summed E-state index contributed by atoms with van der Waals surface area (Å²) in [5.74, 6) is 1.05. The van der Waals surface area contributed by atoms with Gasteiger partial charge in [-0.2, -0.15) is 0 Å². The maximum atomic E-state index is 12.9. The summed E-state index contributed by atoms with van der Waals surface area (Å²) in [7, 11) is 0. The van der Waals surface area contributed by atoms with Crippen molar-refractivity contribution in [1.29, 1.82) is 0 Å². The fourth-order valence-corrected chi connectivity index (χ4v) is 3.34. The Labute approximate surface area is 168 Å². The number of hydrogen-bond acceptors (Lipinski definition) is 4. The molecule has 5 nitrogen and oxygen atoms in total. The fourth-order valence-electron chi connectivity index (χ4n) is 3.21. The topological polar surface area (TPSA) is 60.9 Å². The molecule has 0 aliphatic carbocycles. The van der Waals surface area contributed by atoms with Gasteiger partial charge in [0.15, 0.2) is 5.78 Å². The highest BCUT2D eigenvalue weighted by Crippen LogP contribution is 2.28. The molecule has 0 unspecified atom stereocenters. The van der Waals surface area contributed by atoms with Crippen LogP contribution in [0.4, 0.5) is 0 Å². The molecule has 0 spiro atoms. The van der Waals surface area contributed by atoms with E-state index in [1.807, 2.05) is 34.9 Å². The summed E-state index contributed by atoms with van der Waals surface area (Å²) in [4.78, 5) is 12.9. The van der Waals surface area contributed by atoms with Gasteiger partial charge in [0.2, 0.25) is 5.89 Å². The summed E-state index contributed by atoms with van der Waals surface area (Å²) in [5.41, 5.74) is 2.31. The number of para-hydroxylation sites is 1. The first-order valence-electron chi connectivity index (χ1n) is 9.35. The zero-order valence-corrected chi connectivity index (χ0v) is 16.3. The van der Waals surface area contributed by atoms with Gasteiger partial charge in [-0.3, -0.25) is 4.79 Å². The van der Waals surface area contributed by atoms with E-state index in [9.17, 15) is 4.79 Å². The maximum Gasteiger partial charge on any atom is 0.264 e. The number of halogens is 1. The summed E-state index contributed by atoms with van der Waals surface area (Å²) in [6.45, 7) is 2.30. The van der Waals surface area contributed by atoms with Crippen molar-refractivity contribution < 1.29 is 9.21 Å². The van der Waals surface area contributed by atoms with Crippen LogP contribution in [-0.4, -0.2) is 20.5 Å². The molecule has 0 bridgehead atoms. The summed E-state index contributed by atoms with van der Waals surface area (Å²) in [6.07, 6.45) is 2.82. The first-order valence-corrected chi connectivity index (χ1v) is 9.73. The molecule has 0 N–H and O–H groups in total. The van der Waals surface area contributed by atoms with E-state index in [4.69, 9.17) is 16.0 Å². The molecular weight excluding hydrogens is 374 g/mol. The lowest BCUT2D eigenvalue weighted by Crippen LogP contribution is -2.11. The Bertz CT molecular complexity index is 1110. The van der Waals surface area contributed by atoms with Crippen LogP contribution < -0.4 is 0 Å². The van der Waals surface area contributed by atoms with E-state index in [0.29, 0.717) is 22.4 Å². The molecule has 0 fully saturated rings. The standard InChI is InChI=1S/C22H20ClN3O2/c1-2-3-8-21-24-25-22(28-21)19-13-16-6-4-5-7-18(16)26(19)14-20(27)15-9-11-17(23)12-10-15/h4-7,9-13H,2-3,8,14H2,1H3. The first-order chi connectivity index (χ1) is 13.7. The van der Waals surface area contributed by atoms with E-state index in [-0.39, 0.29) is 12.3 Å². The van der Waals surface area contributed by atoms with E-state index < -0.39 is 0 Å². The second-order valence-corrected chi connectivity index (χ2v) is 7.15. The van der Waals surface area contributed by atoms with Crippen molar-refractivity contribution in [2.75, 3.05) is 0 Å². The van der Waals surface area contributed by atoms with Crippen LogP contribution in [0.15, 0.2) is 59.0 Å². The Hall–Kier alpha value is -2.92. The van der Waals surface area contributed by atoms with Crippen molar-refractivity contribution in [3.05, 3.63) is 71.1 Å². The number of aryl methyl sites for hydroxylation is 1. The smallest absolute Gasteiger partial charge is 0.264 e. The highest BCUT2D eigenvalue weighted by molar-refractivity contribution is 6.30. The number of rotatable bonds is 7. The quantitative estimate of drug-likeness (QED) is 0.385. The molecule has 0 aliphatic heterocycles. The predicted octanol–water partition coefficient (Wildman–Crippen LogP) is 5.57. The van der Waals surface area contributed by atoms with Gasteiger partial charge in [-0.15, -0.1) is 10.2 Å². The van der Waals surface area contributed by atoms with Gasteiger partial charge in [-0.05, 0) is 42.8 Å². The lowest BCUT2D eigenvalue weighted by atomic mass is 10.1. The van der Waals surface area contributed by atoms with Crippen LogP contribution in [-0.2, 0) is 13.0 Å². The Morgan fingerprint density at radius 2 is 1.89 bits per heavy atom. The molecule has 0 amide bonds. The molecule has 2 aromatic carbocycles. The van der Waals surface area contributed by atoms with Crippen LogP contribution in [0.25, 0.3) is 22.5 Å². The number of fused-ring (bicyclic) bond motifs is 1. The Morgan fingerprint density at radius 3 is 2.68 bits per heavy atom. The number of Topliss-reactive ketones (excluding diaryl/α,β-unsaturated/α-hetero) is 1. The van der Waals surface area contributed by atoms with Crippen molar-refractivity contribution in [2.45, 2.75) is 32.7 Å². The second kappa shape index (κ2) is 7.98. The zero-order chi connectivity index (χ0) is 19.5. The number of carbonyl (C=O) groups excluding carboxylic acids is 1. The molecule has 0 aliphatic rings. The van der Waals surface area contributed by atoms with Crippen molar-refractivity contribution in [1.82, 2.24) is 14.8 Å². The Balaban J connectivity index is 1.72. The van der Waals surface area contributed by atoms with E-state index in [1.165, 1.54) is 0 Å². The van der Waals surface area contributed by atoms with Crippen LogP contribution in [0.1, 0.15) is 36.0 Å². The van der Waals surface area contributed by atoms with E-state index in [2.05, 4.69) is 17.1 Å². The fraction of sp³-hybridized carbons (Fsp3) is 0.227. The molecule has 142 valence electrons.